The normalized spacial score (nSPS) is 11.7. The number of furan rings is 1. The Balaban J connectivity index is 1.32. The Kier molecular flexibility index (Phi) is 7.48. The van der Waals surface area contributed by atoms with E-state index in [2.05, 4.69) is 0 Å². The molecule has 0 spiro atoms. The monoisotopic (exact) mass is 644 g/mol. The number of hydrogen-bond acceptors (Lipinski definition) is 4. The lowest BCUT2D eigenvalue weighted by Crippen LogP contribution is -2.49. The van der Waals surface area contributed by atoms with Crippen molar-refractivity contribution in [2.45, 2.75) is 0 Å². The highest BCUT2D eigenvalue weighted by atomic mass is 16.3. The van der Waals surface area contributed by atoms with Crippen molar-refractivity contribution < 1.29 is 4.42 Å². The van der Waals surface area contributed by atoms with Crippen molar-refractivity contribution in [3.05, 3.63) is 97.1 Å². The topological polar surface area (TPSA) is 56.7 Å². The lowest BCUT2D eigenvalue weighted by molar-refractivity contribution is 0.669. The van der Waals surface area contributed by atoms with E-state index >= 15 is 0 Å². The highest BCUT2D eigenvalue weighted by Gasteiger charge is 2.25. The molecule has 3 aromatic heterocycles. The van der Waals surface area contributed by atoms with Crippen molar-refractivity contribution in [3.63, 3.8) is 0 Å². The Morgan fingerprint density at radius 1 is 0.404 bits per heavy atom. The molecular formula is C39H16B8N4O. The van der Waals surface area contributed by atoms with E-state index in [1.165, 1.54) is 0 Å². The van der Waals surface area contributed by atoms with E-state index in [0.717, 1.165) is 27.5 Å². The molecule has 0 bridgehead atoms. The number of rotatable bonds is 4. The number of nitrogens with zero attached hydrogens (tertiary/aromatic N) is 4. The first-order chi connectivity index (χ1) is 25.1. The summed E-state index contributed by atoms with van der Waals surface area (Å²) in [6, 6.07) is 31.1. The van der Waals surface area contributed by atoms with Gasteiger partial charge in [0.2, 0.25) is 0 Å². The molecule has 0 unspecified atom stereocenters. The van der Waals surface area contributed by atoms with Crippen LogP contribution in [0.1, 0.15) is 0 Å². The number of aromatic nitrogens is 4. The third-order valence-electron chi connectivity index (χ3n) is 9.63. The van der Waals surface area contributed by atoms with Crippen LogP contribution in [-0.2, 0) is 0 Å². The van der Waals surface area contributed by atoms with Crippen LogP contribution < -0.4 is 43.7 Å². The number of fused-ring (bicyclic) bond motifs is 6. The smallest absolute Gasteiger partial charge is 0.164 e. The Morgan fingerprint density at radius 2 is 0.885 bits per heavy atom. The van der Waals surface area contributed by atoms with Gasteiger partial charge < -0.3 is 8.98 Å². The molecule has 0 N–H and O–H groups in total. The van der Waals surface area contributed by atoms with Crippen molar-refractivity contribution in [2.24, 2.45) is 0 Å². The molecule has 0 aliphatic rings. The first-order valence-corrected chi connectivity index (χ1v) is 16.3. The largest absolute Gasteiger partial charge is 0.456 e. The highest BCUT2D eigenvalue weighted by Crippen LogP contribution is 2.38. The maximum atomic E-state index is 6.72. The van der Waals surface area contributed by atoms with Crippen LogP contribution in [0.25, 0.3) is 83.6 Å². The molecule has 222 valence electrons. The van der Waals surface area contributed by atoms with Crippen LogP contribution in [0.3, 0.4) is 0 Å². The summed E-state index contributed by atoms with van der Waals surface area (Å²) in [6.45, 7) is 0. The molecule has 0 fully saturated rings. The van der Waals surface area contributed by atoms with Crippen LogP contribution in [-0.4, -0.2) is 82.3 Å². The van der Waals surface area contributed by atoms with Gasteiger partial charge >= 0.3 is 0 Å². The highest BCUT2D eigenvalue weighted by molar-refractivity contribution is 6.71. The fourth-order valence-electron chi connectivity index (χ4n) is 7.02. The molecule has 0 amide bonds. The van der Waals surface area contributed by atoms with E-state index < -0.39 is 0 Å². The summed E-state index contributed by atoms with van der Waals surface area (Å²) >= 11 is 0. The molecule has 13 heteroatoms. The molecule has 9 aromatic rings. The van der Waals surface area contributed by atoms with Gasteiger partial charge in [-0.05, 0) is 35.0 Å². The van der Waals surface area contributed by atoms with Crippen molar-refractivity contribution >= 4 is 150 Å². The van der Waals surface area contributed by atoms with Gasteiger partial charge in [0.1, 0.15) is 73.9 Å². The second-order valence-corrected chi connectivity index (χ2v) is 12.6. The van der Waals surface area contributed by atoms with E-state index in [1.807, 2.05) is 102 Å². The summed E-state index contributed by atoms with van der Waals surface area (Å²) in [6.07, 6.45) is 0. The van der Waals surface area contributed by atoms with E-state index in [-0.39, 0.29) is 43.7 Å². The zero-order chi connectivity index (χ0) is 36.0. The van der Waals surface area contributed by atoms with Crippen LogP contribution in [0, 0.1) is 0 Å². The van der Waals surface area contributed by atoms with Crippen LogP contribution in [0.2, 0.25) is 0 Å². The van der Waals surface area contributed by atoms with Gasteiger partial charge in [-0.15, -0.1) is 21.9 Å². The van der Waals surface area contributed by atoms with Gasteiger partial charge in [0.05, 0.1) is 11.1 Å². The molecule has 9 rings (SSSR count). The number of hydrogen-bond donors (Lipinski definition) is 0. The fraction of sp³-hybridized carbons (Fsp3) is 0. The van der Waals surface area contributed by atoms with Crippen LogP contribution in [0.4, 0.5) is 0 Å². The van der Waals surface area contributed by atoms with Crippen molar-refractivity contribution in [3.8, 4) is 39.9 Å². The average Bonchev–Trinajstić information content (AvgIpc) is 3.75. The van der Waals surface area contributed by atoms with Crippen molar-refractivity contribution in [1.29, 1.82) is 0 Å². The van der Waals surface area contributed by atoms with Crippen LogP contribution in [0.5, 0.6) is 0 Å². The molecule has 3 heterocycles. The first-order valence-electron chi connectivity index (χ1n) is 16.3. The zero-order valence-corrected chi connectivity index (χ0v) is 27.6. The Morgan fingerprint density at radius 3 is 1.40 bits per heavy atom. The molecule has 16 radical (unpaired) electrons. The Hall–Kier alpha value is -5.55. The fourth-order valence-corrected chi connectivity index (χ4v) is 7.02. The first kappa shape index (κ1) is 32.4. The summed E-state index contributed by atoms with van der Waals surface area (Å²) in [7, 11) is 52.2. The quantitative estimate of drug-likeness (QED) is 0.258. The maximum absolute atomic E-state index is 6.72. The second-order valence-electron chi connectivity index (χ2n) is 12.6. The summed E-state index contributed by atoms with van der Waals surface area (Å²) < 4.78 is 8.37. The van der Waals surface area contributed by atoms with E-state index in [4.69, 9.17) is 82.1 Å². The van der Waals surface area contributed by atoms with Gasteiger partial charge in [-0.3, -0.25) is 0 Å². The van der Waals surface area contributed by atoms with E-state index in [9.17, 15) is 0 Å². The number of benzene rings is 6. The molecule has 0 saturated carbocycles. The van der Waals surface area contributed by atoms with E-state index in [1.54, 1.807) is 0 Å². The predicted octanol–water partition coefficient (Wildman–Crippen LogP) is 0.220. The third-order valence-corrected chi connectivity index (χ3v) is 9.63. The Labute approximate surface area is 309 Å². The summed E-state index contributed by atoms with van der Waals surface area (Å²) in [5, 5.41) is 2.48. The molecule has 0 atom stereocenters. The Bertz CT molecular complexity index is 2810. The van der Waals surface area contributed by atoms with Crippen molar-refractivity contribution in [2.75, 3.05) is 0 Å². The zero-order valence-electron chi connectivity index (χ0n) is 27.6. The van der Waals surface area contributed by atoms with Gasteiger partial charge in [0, 0.05) is 33.1 Å². The van der Waals surface area contributed by atoms with Crippen LogP contribution in [0.15, 0.2) is 101 Å². The second kappa shape index (κ2) is 12.0. The lowest BCUT2D eigenvalue weighted by Gasteiger charge is -2.18. The maximum Gasteiger partial charge on any atom is 0.164 e. The molecule has 0 saturated heterocycles. The van der Waals surface area contributed by atoms with Gasteiger partial charge in [0.25, 0.3) is 0 Å². The lowest BCUT2D eigenvalue weighted by atomic mass is 9.63. The summed E-state index contributed by atoms with van der Waals surface area (Å²) in [5.41, 5.74) is 6.50. The third kappa shape index (κ3) is 4.71. The van der Waals surface area contributed by atoms with Crippen LogP contribution >= 0.6 is 0 Å². The molecular weight excluding hydrogens is 627 g/mol. The molecule has 6 aromatic carbocycles. The molecule has 5 nitrogen and oxygen atoms in total. The van der Waals surface area contributed by atoms with E-state index in [0.29, 0.717) is 56.1 Å². The van der Waals surface area contributed by atoms with Gasteiger partial charge in [-0.2, -0.15) is 0 Å². The molecule has 52 heavy (non-hydrogen) atoms. The van der Waals surface area contributed by atoms with Crippen molar-refractivity contribution in [1.82, 2.24) is 19.5 Å². The van der Waals surface area contributed by atoms with Gasteiger partial charge in [-0.25, -0.2) is 15.0 Å². The molecule has 0 aliphatic carbocycles. The summed E-state index contributed by atoms with van der Waals surface area (Å²) in [5.74, 6) is 1.60. The minimum absolute atomic E-state index is 0.126. The average molecular weight is 643 g/mol. The minimum Gasteiger partial charge on any atom is -0.456 e. The SMILES string of the molecule is [B]c1c([B])c([B])c2c(c1[B])c1c([B])c([B])c([B])c([B])c1n2-c1cccc2oc3cc(-c4nc(-c5ccccc5)nc(-c5ccccc5)n4)ccc3c12. The minimum atomic E-state index is 0.126. The van der Waals surface area contributed by atoms with Gasteiger partial charge in [-0.1, -0.05) is 94.6 Å². The molecule has 0 aliphatic heterocycles. The summed E-state index contributed by atoms with van der Waals surface area (Å²) in [4.78, 5) is 14.6. The van der Waals surface area contributed by atoms with Gasteiger partial charge in [0.15, 0.2) is 17.5 Å². The predicted molar refractivity (Wildman–Crippen MR) is 221 cm³/mol. The standard InChI is InChI=1S/C39H16B8N4O/c40-27-25-26-28(41)30(43)32(45)34(47)36(26)51(35(25)33(46)31(44)29(27)42)21-12-7-13-22-24(21)20-15-14-19(16-23(20)52-22)39-49-37(17-8-3-1-4-9-17)48-38(50-39)18-10-5-2-6-11-18/h1-16H.